The standard InChI is InChI=1S/C14H18N4O3/c1-10(2)9-17(7-3-6-15)13-8-11(14(16)19)4-5-12(13)18(20)21/h4-5,8,10H,3,7,9H2,1-2H3,(H2,16,19). The van der Waals surface area contributed by atoms with Gasteiger partial charge in [0.15, 0.2) is 0 Å². The van der Waals surface area contributed by atoms with Gasteiger partial charge in [0.05, 0.1) is 17.4 Å². The van der Waals surface area contributed by atoms with Gasteiger partial charge in [0, 0.05) is 24.7 Å². The molecule has 0 spiro atoms. The van der Waals surface area contributed by atoms with Crippen LogP contribution in [0.15, 0.2) is 18.2 Å². The number of nitro benzene ring substituents is 1. The molecule has 0 unspecified atom stereocenters. The van der Waals surface area contributed by atoms with E-state index in [4.69, 9.17) is 11.0 Å². The molecule has 0 aliphatic rings. The van der Waals surface area contributed by atoms with E-state index >= 15 is 0 Å². The number of nitrogens with zero attached hydrogens (tertiary/aromatic N) is 3. The molecule has 0 aromatic heterocycles. The van der Waals surface area contributed by atoms with Gasteiger partial charge in [0.25, 0.3) is 5.69 Å². The number of hydrogen-bond acceptors (Lipinski definition) is 5. The van der Waals surface area contributed by atoms with Crippen molar-refractivity contribution in [2.45, 2.75) is 20.3 Å². The molecule has 0 saturated heterocycles. The molecule has 1 aromatic carbocycles. The van der Waals surface area contributed by atoms with Crippen LogP contribution in [0.4, 0.5) is 11.4 Å². The number of anilines is 1. The quantitative estimate of drug-likeness (QED) is 0.610. The number of nitrogens with two attached hydrogens (primary N) is 1. The van der Waals surface area contributed by atoms with E-state index in [0.29, 0.717) is 18.8 Å². The van der Waals surface area contributed by atoms with Gasteiger partial charge in [-0.3, -0.25) is 14.9 Å². The molecule has 0 aliphatic carbocycles. The average Bonchev–Trinajstić information content (AvgIpc) is 2.42. The summed E-state index contributed by atoms with van der Waals surface area (Å²) in [5, 5.41) is 19.9. The van der Waals surface area contributed by atoms with Crippen LogP contribution >= 0.6 is 0 Å². The molecular weight excluding hydrogens is 272 g/mol. The number of nitriles is 1. The summed E-state index contributed by atoms with van der Waals surface area (Å²) in [6.07, 6.45) is 0.241. The van der Waals surface area contributed by atoms with Gasteiger partial charge >= 0.3 is 0 Å². The summed E-state index contributed by atoms with van der Waals surface area (Å²) in [5.41, 5.74) is 5.66. The van der Waals surface area contributed by atoms with Gasteiger partial charge in [-0.25, -0.2) is 0 Å². The van der Waals surface area contributed by atoms with E-state index in [1.54, 1.807) is 4.90 Å². The Hall–Kier alpha value is -2.62. The maximum absolute atomic E-state index is 11.3. The van der Waals surface area contributed by atoms with Crippen molar-refractivity contribution >= 4 is 17.3 Å². The van der Waals surface area contributed by atoms with Crippen LogP contribution < -0.4 is 10.6 Å². The zero-order valence-corrected chi connectivity index (χ0v) is 12.1. The number of nitro groups is 1. The summed E-state index contributed by atoms with van der Waals surface area (Å²) in [6, 6.07) is 6.05. The Bertz CT molecular complexity index is 578. The molecule has 0 saturated carbocycles. The Labute approximate surface area is 123 Å². The minimum absolute atomic E-state index is 0.0985. The highest BCUT2D eigenvalue weighted by molar-refractivity contribution is 5.94. The highest BCUT2D eigenvalue weighted by Gasteiger charge is 2.21. The number of amides is 1. The average molecular weight is 290 g/mol. The van der Waals surface area contributed by atoms with Crippen LogP contribution in [0.3, 0.4) is 0 Å². The van der Waals surface area contributed by atoms with Gasteiger partial charge in [-0.1, -0.05) is 13.8 Å². The van der Waals surface area contributed by atoms with Crippen molar-refractivity contribution < 1.29 is 9.72 Å². The number of benzene rings is 1. The molecule has 7 heteroatoms. The van der Waals surface area contributed by atoms with Gasteiger partial charge in [-0.05, 0) is 18.1 Å². The second-order valence-electron chi connectivity index (χ2n) is 5.07. The number of hydrogen-bond donors (Lipinski definition) is 1. The number of rotatable bonds is 7. The molecule has 0 heterocycles. The van der Waals surface area contributed by atoms with Gasteiger partial charge in [-0.15, -0.1) is 0 Å². The van der Waals surface area contributed by atoms with Crippen molar-refractivity contribution in [2.24, 2.45) is 11.7 Å². The van der Waals surface area contributed by atoms with Crippen LogP contribution in [0.5, 0.6) is 0 Å². The van der Waals surface area contributed by atoms with Gasteiger partial charge in [0.1, 0.15) is 5.69 Å². The SMILES string of the molecule is CC(C)CN(CCC#N)c1cc(C(N)=O)ccc1[N+](=O)[O-]. The maximum Gasteiger partial charge on any atom is 0.292 e. The van der Waals surface area contributed by atoms with E-state index in [1.807, 2.05) is 19.9 Å². The second kappa shape index (κ2) is 7.24. The Morgan fingerprint density at radius 3 is 2.67 bits per heavy atom. The lowest BCUT2D eigenvalue weighted by Crippen LogP contribution is -2.29. The predicted molar refractivity (Wildman–Crippen MR) is 78.9 cm³/mol. The third-order valence-electron chi connectivity index (χ3n) is 2.88. The van der Waals surface area contributed by atoms with Crippen LogP contribution in [0.2, 0.25) is 0 Å². The van der Waals surface area contributed by atoms with Crippen molar-refractivity contribution in [1.29, 1.82) is 5.26 Å². The summed E-state index contributed by atoms with van der Waals surface area (Å²) >= 11 is 0. The van der Waals surface area contributed by atoms with E-state index in [2.05, 4.69) is 0 Å². The summed E-state index contributed by atoms with van der Waals surface area (Å²) in [7, 11) is 0. The molecule has 112 valence electrons. The van der Waals surface area contributed by atoms with Crippen LogP contribution in [-0.4, -0.2) is 23.9 Å². The molecular formula is C14H18N4O3. The highest BCUT2D eigenvalue weighted by atomic mass is 16.6. The molecule has 0 bridgehead atoms. The molecule has 0 fully saturated rings. The summed E-state index contributed by atoms with van der Waals surface area (Å²) < 4.78 is 0. The Balaban J connectivity index is 3.30. The zero-order chi connectivity index (χ0) is 16.0. The lowest BCUT2D eigenvalue weighted by molar-refractivity contribution is -0.384. The van der Waals surface area contributed by atoms with Crippen LogP contribution in [-0.2, 0) is 0 Å². The first-order chi connectivity index (χ1) is 9.86. The molecule has 2 N–H and O–H groups in total. The molecule has 1 amide bonds. The fraction of sp³-hybridized carbons (Fsp3) is 0.429. The summed E-state index contributed by atoms with van der Waals surface area (Å²) in [4.78, 5) is 23.7. The van der Waals surface area contributed by atoms with Crippen molar-refractivity contribution in [3.8, 4) is 6.07 Å². The third-order valence-corrected chi connectivity index (χ3v) is 2.88. The Morgan fingerprint density at radius 2 is 2.19 bits per heavy atom. The van der Waals surface area contributed by atoms with Crippen LogP contribution in [0, 0.1) is 27.4 Å². The number of carbonyl (C=O) groups excluding carboxylic acids is 1. The van der Waals surface area contributed by atoms with Gasteiger partial charge < -0.3 is 10.6 Å². The monoisotopic (exact) mass is 290 g/mol. The summed E-state index contributed by atoms with van der Waals surface area (Å²) in [5.74, 6) is -0.392. The number of carbonyl (C=O) groups is 1. The fourth-order valence-electron chi connectivity index (χ4n) is 2.02. The largest absolute Gasteiger partial charge is 0.366 e. The van der Waals surface area contributed by atoms with E-state index in [-0.39, 0.29) is 23.6 Å². The first kappa shape index (κ1) is 16.4. The van der Waals surface area contributed by atoms with Crippen LogP contribution in [0.1, 0.15) is 30.6 Å². The topological polar surface area (TPSA) is 113 Å². The highest BCUT2D eigenvalue weighted by Crippen LogP contribution is 2.30. The first-order valence-corrected chi connectivity index (χ1v) is 6.57. The third kappa shape index (κ3) is 4.45. The minimum Gasteiger partial charge on any atom is -0.366 e. The molecule has 0 aliphatic heterocycles. The first-order valence-electron chi connectivity index (χ1n) is 6.57. The van der Waals surface area contributed by atoms with E-state index in [0.717, 1.165) is 0 Å². The Morgan fingerprint density at radius 1 is 1.52 bits per heavy atom. The minimum atomic E-state index is -0.643. The van der Waals surface area contributed by atoms with Crippen molar-refractivity contribution in [1.82, 2.24) is 0 Å². The van der Waals surface area contributed by atoms with Crippen LogP contribution in [0.25, 0.3) is 0 Å². The molecule has 7 nitrogen and oxygen atoms in total. The van der Waals surface area contributed by atoms with E-state index < -0.39 is 10.8 Å². The summed E-state index contributed by atoms with van der Waals surface area (Å²) in [6.45, 7) is 4.86. The number of primary amides is 1. The lowest BCUT2D eigenvalue weighted by atomic mass is 10.1. The van der Waals surface area contributed by atoms with E-state index in [9.17, 15) is 14.9 Å². The zero-order valence-electron chi connectivity index (χ0n) is 12.1. The smallest absolute Gasteiger partial charge is 0.292 e. The van der Waals surface area contributed by atoms with Gasteiger partial charge in [-0.2, -0.15) is 5.26 Å². The maximum atomic E-state index is 11.3. The van der Waals surface area contributed by atoms with E-state index in [1.165, 1.54) is 18.2 Å². The molecule has 21 heavy (non-hydrogen) atoms. The molecule has 1 aromatic rings. The predicted octanol–water partition coefficient (Wildman–Crippen LogP) is 2.07. The fourth-order valence-corrected chi connectivity index (χ4v) is 2.02. The van der Waals surface area contributed by atoms with Gasteiger partial charge in [0.2, 0.25) is 5.91 Å². The molecule has 0 atom stereocenters. The van der Waals surface area contributed by atoms with Crippen molar-refractivity contribution in [2.75, 3.05) is 18.0 Å². The second-order valence-corrected chi connectivity index (χ2v) is 5.07. The molecule has 0 radical (unpaired) electrons. The van der Waals surface area contributed by atoms with Crippen molar-refractivity contribution in [3.63, 3.8) is 0 Å². The normalized spacial score (nSPS) is 10.2. The lowest BCUT2D eigenvalue weighted by Gasteiger charge is -2.25. The van der Waals surface area contributed by atoms with Crippen molar-refractivity contribution in [3.05, 3.63) is 33.9 Å². The Kier molecular flexibility index (Phi) is 5.67. The molecule has 1 rings (SSSR count).